The highest BCUT2D eigenvalue weighted by Gasteiger charge is 2.44. The van der Waals surface area contributed by atoms with Crippen molar-refractivity contribution >= 4 is 11.7 Å². The molecule has 3 nitrogen and oxygen atoms in total. The van der Waals surface area contributed by atoms with Gasteiger partial charge in [0.25, 0.3) is 0 Å². The van der Waals surface area contributed by atoms with Crippen LogP contribution >= 0.6 is 0 Å². The first-order valence-corrected chi connectivity index (χ1v) is 9.29. The Morgan fingerprint density at radius 2 is 1.68 bits per heavy atom. The summed E-state index contributed by atoms with van der Waals surface area (Å²) in [6.07, 6.45) is 7.28. The minimum atomic E-state index is 0.0836. The molecule has 1 N–H and O–H groups in total. The van der Waals surface area contributed by atoms with Crippen molar-refractivity contribution in [3.05, 3.63) is 0 Å². The Balaban J connectivity index is 1.62. The van der Waals surface area contributed by atoms with E-state index in [9.17, 15) is 9.59 Å². The lowest BCUT2D eigenvalue weighted by molar-refractivity contribution is -0.133. The van der Waals surface area contributed by atoms with Crippen LogP contribution in [0.2, 0.25) is 0 Å². The maximum atomic E-state index is 12.7. The van der Waals surface area contributed by atoms with Crippen LogP contribution in [0.15, 0.2) is 0 Å². The summed E-state index contributed by atoms with van der Waals surface area (Å²) in [6.45, 7) is 6.85. The lowest BCUT2D eigenvalue weighted by atomic mass is 9.73. The summed E-state index contributed by atoms with van der Waals surface area (Å²) in [5, 5.41) is 3.38. The van der Waals surface area contributed by atoms with Gasteiger partial charge < -0.3 is 5.32 Å². The van der Waals surface area contributed by atoms with E-state index in [1.54, 1.807) is 0 Å². The standard InChI is InChI=1S/C19H31NO2/c1-11(2)16-7-4-12(3)8-17(16)20-19(22)15-9-13-5-6-14(10-15)18(13)21/h11-17H,4-10H2,1-3H3,(H,20,22). The first-order valence-electron chi connectivity index (χ1n) is 9.29. The molecule has 124 valence electrons. The van der Waals surface area contributed by atoms with Crippen molar-refractivity contribution in [3.8, 4) is 0 Å². The van der Waals surface area contributed by atoms with Gasteiger partial charge in [0.15, 0.2) is 0 Å². The topological polar surface area (TPSA) is 46.2 Å². The molecule has 0 aliphatic heterocycles. The van der Waals surface area contributed by atoms with Crippen LogP contribution in [-0.4, -0.2) is 17.7 Å². The van der Waals surface area contributed by atoms with Crippen LogP contribution in [0.25, 0.3) is 0 Å². The van der Waals surface area contributed by atoms with E-state index in [0.29, 0.717) is 29.6 Å². The highest BCUT2D eigenvalue weighted by Crippen LogP contribution is 2.42. The summed E-state index contributed by atoms with van der Waals surface area (Å²) < 4.78 is 0. The molecular weight excluding hydrogens is 274 g/mol. The molecule has 3 aliphatic carbocycles. The van der Waals surface area contributed by atoms with Crippen LogP contribution in [0, 0.1) is 35.5 Å². The zero-order chi connectivity index (χ0) is 15.9. The summed E-state index contributed by atoms with van der Waals surface area (Å²) in [6, 6.07) is 0.339. The number of fused-ring (bicyclic) bond motifs is 2. The largest absolute Gasteiger partial charge is 0.353 e. The molecule has 3 fully saturated rings. The molecule has 5 atom stereocenters. The number of ketones is 1. The molecule has 0 aromatic rings. The van der Waals surface area contributed by atoms with Crippen molar-refractivity contribution in [2.24, 2.45) is 35.5 Å². The first kappa shape index (κ1) is 16.0. The van der Waals surface area contributed by atoms with Crippen LogP contribution < -0.4 is 5.32 Å². The van der Waals surface area contributed by atoms with E-state index >= 15 is 0 Å². The molecule has 0 aromatic heterocycles. The number of carbonyl (C=O) groups excluding carboxylic acids is 2. The van der Waals surface area contributed by atoms with Gasteiger partial charge in [-0.25, -0.2) is 0 Å². The fourth-order valence-electron chi connectivity index (χ4n) is 5.15. The lowest BCUT2D eigenvalue weighted by Crippen LogP contribution is -2.48. The third kappa shape index (κ3) is 3.09. The van der Waals surface area contributed by atoms with E-state index in [1.807, 2.05) is 0 Å². The quantitative estimate of drug-likeness (QED) is 0.866. The van der Waals surface area contributed by atoms with Gasteiger partial charge in [0.05, 0.1) is 0 Å². The Bertz CT molecular complexity index is 429. The number of hydrogen-bond acceptors (Lipinski definition) is 2. The number of nitrogens with one attached hydrogen (secondary N) is 1. The lowest BCUT2D eigenvalue weighted by Gasteiger charge is -2.39. The van der Waals surface area contributed by atoms with E-state index in [-0.39, 0.29) is 23.7 Å². The average Bonchev–Trinajstić information content (AvgIpc) is 2.69. The predicted molar refractivity (Wildman–Crippen MR) is 87.2 cm³/mol. The van der Waals surface area contributed by atoms with Crippen LogP contribution in [0.1, 0.15) is 65.7 Å². The maximum absolute atomic E-state index is 12.7. The summed E-state index contributed by atoms with van der Waals surface area (Å²) in [4.78, 5) is 24.7. The second-order valence-electron chi connectivity index (χ2n) is 8.48. The number of amides is 1. The molecule has 3 saturated carbocycles. The summed E-state index contributed by atoms with van der Waals surface area (Å²) in [5.41, 5.74) is 0. The molecular formula is C19H31NO2. The molecule has 0 aromatic carbocycles. The van der Waals surface area contributed by atoms with Gasteiger partial charge in [0.1, 0.15) is 5.78 Å². The van der Waals surface area contributed by atoms with Crippen LogP contribution in [0.4, 0.5) is 0 Å². The number of carbonyl (C=O) groups is 2. The average molecular weight is 305 g/mol. The maximum Gasteiger partial charge on any atom is 0.223 e. The smallest absolute Gasteiger partial charge is 0.223 e. The van der Waals surface area contributed by atoms with E-state index in [4.69, 9.17) is 0 Å². The minimum Gasteiger partial charge on any atom is -0.353 e. The van der Waals surface area contributed by atoms with E-state index in [2.05, 4.69) is 26.1 Å². The van der Waals surface area contributed by atoms with Gasteiger partial charge in [0, 0.05) is 23.8 Å². The van der Waals surface area contributed by atoms with Crippen molar-refractivity contribution in [3.63, 3.8) is 0 Å². The van der Waals surface area contributed by atoms with Crippen LogP contribution in [0.5, 0.6) is 0 Å². The third-order valence-corrected chi connectivity index (χ3v) is 6.53. The van der Waals surface area contributed by atoms with Crippen molar-refractivity contribution in [1.82, 2.24) is 5.32 Å². The van der Waals surface area contributed by atoms with E-state index in [0.717, 1.165) is 32.1 Å². The molecule has 2 bridgehead atoms. The van der Waals surface area contributed by atoms with E-state index in [1.165, 1.54) is 12.8 Å². The molecule has 0 radical (unpaired) electrons. The molecule has 3 heteroatoms. The molecule has 22 heavy (non-hydrogen) atoms. The molecule has 3 rings (SSSR count). The molecule has 1 amide bonds. The summed E-state index contributed by atoms with van der Waals surface area (Å²) >= 11 is 0. The van der Waals surface area contributed by atoms with Crippen molar-refractivity contribution in [1.29, 1.82) is 0 Å². The van der Waals surface area contributed by atoms with Crippen molar-refractivity contribution in [2.45, 2.75) is 71.8 Å². The Kier molecular flexibility index (Phi) is 4.61. The Morgan fingerprint density at radius 1 is 1.05 bits per heavy atom. The zero-order valence-corrected chi connectivity index (χ0v) is 14.3. The number of hydrogen-bond donors (Lipinski definition) is 1. The zero-order valence-electron chi connectivity index (χ0n) is 14.3. The van der Waals surface area contributed by atoms with Crippen molar-refractivity contribution < 1.29 is 9.59 Å². The molecule has 3 aliphatic rings. The molecule has 0 spiro atoms. The summed E-state index contributed by atoms with van der Waals surface area (Å²) in [7, 11) is 0. The highest BCUT2D eigenvalue weighted by atomic mass is 16.2. The predicted octanol–water partition coefficient (Wildman–Crippen LogP) is 3.57. The molecule has 0 heterocycles. The molecule has 0 saturated heterocycles. The van der Waals surface area contributed by atoms with Crippen molar-refractivity contribution in [2.75, 3.05) is 0 Å². The van der Waals surface area contributed by atoms with Gasteiger partial charge in [-0.05, 0) is 56.3 Å². The minimum absolute atomic E-state index is 0.0836. The van der Waals surface area contributed by atoms with E-state index < -0.39 is 0 Å². The monoisotopic (exact) mass is 305 g/mol. The van der Waals surface area contributed by atoms with Crippen LogP contribution in [-0.2, 0) is 9.59 Å². The Labute approximate surface area is 134 Å². The SMILES string of the molecule is CC1CCC(C(C)C)C(NC(=O)C2CC3CCC(C2)C3=O)C1. The van der Waals surface area contributed by atoms with Gasteiger partial charge in [-0.15, -0.1) is 0 Å². The van der Waals surface area contributed by atoms with Gasteiger partial charge in [-0.2, -0.15) is 0 Å². The fourth-order valence-corrected chi connectivity index (χ4v) is 5.15. The fraction of sp³-hybridized carbons (Fsp3) is 0.895. The van der Waals surface area contributed by atoms with Gasteiger partial charge in [-0.1, -0.05) is 27.2 Å². The second kappa shape index (κ2) is 6.33. The molecule has 5 unspecified atom stereocenters. The second-order valence-corrected chi connectivity index (χ2v) is 8.48. The summed E-state index contributed by atoms with van der Waals surface area (Å²) in [5.74, 6) is 3.07. The van der Waals surface area contributed by atoms with Gasteiger partial charge in [-0.3, -0.25) is 9.59 Å². The van der Waals surface area contributed by atoms with Gasteiger partial charge >= 0.3 is 0 Å². The number of rotatable bonds is 3. The third-order valence-electron chi connectivity index (χ3n) is 6.53. The Morgan fingerprint density at radius 3 is 2.27 bits per heavy atom. The first-order chi connectivity index (χ1) is 10.5. The highest BCUT2D eigenvalue weighted by molar-refractivity contribution is 5.89. The Hall–Kier alpha value is -0.860. The number of Topliss-reactive ketones (excluding diaryl/α,β-unsaturated/α-hetero) is 1. The normalized spacial score (nSPS) is 41.7. The van der Waals surface area contributed by atoms with Crippen LogP contribution in [0.3, 0.4) is 0 Å². The van der Waals surface area contributed by atoms with Gasteiger partial charge in [0.2, 0.25) is 5.91 Å².